The molecule has 0 bridgehead atoms. The number of nitrogens with zero attached hydrogens (tertiary/aromatic N) is 1. The Morgan fingerprint density at radius 3 is 1.29 bits per heavy atom. The van der Waals surface area contributed by atoms with E-state index in [-0.39, 0.29) is 36.2 Å². The number of carbonyl (C=O) groups excluding carboxylic acids is 2. The summed E-state index contributed by atoms with van der Waals surface area (Å²) in [5.41, 5.74) is 0. The number of hydrogen-bond donors (Lipinski definition) is 1. The maximum Gasteiger partial charge on any atom is 0.362 e. The van der Waals surface area contributed by atoms with Crippen molar-refractivity contribution in [2.75, 3.05) is 41.0 Å². The summed E-state index contributed by atoms with van der Waals surface area (Å²) < 4.78 is 17.1. The van der Waals surface area contributed by atoms with Crippen LogP contribution in [0.15, 0.2) is 0 Å². The van der Waals surface area contributed by atoms with Crippen molar-refractivity contribution in [1.29, 1.82) is 0 Å². The highest BCUT2D eigenvalue weighted by atomic mass is 16.6. The smallest absolute Gasteiger partial charge is 0.362 e. The summed E-state index contributed by atoms with van der Waals surface area (Å²) >= 11 is 0. The number of aliphatic carboxylic acids is 1. The zero-order valence-electron chi connectivity index (χ0n) is 32.2. The number of carbonyl (C=O) groups is 3. The standard InChI is InChI=1S/C40H77NO7/c1-6-8-10-12-13-14-15-16-17-18-19-20-21-22-23-24-25-27-29-31-39(43)48-36(35-47-38(42)30-28-26-11-9-7-2)34-46-33-32-37(40(44)45)41(3,4)5/h36-37H,6-35H2,1-5H3/p+1. The first-order valence-corrected chi connectivity index (χ1v) is 20.1. The minimum Gasteiger partial charge on any atom is -0.477 e. The van der Waals surface area contributed by atoms with Crippen molar-refractivity contribution in [3.05, 3.63) is 0 Å². The molecule has 2 unspecified atom stereocenters. The summed E-state index contributed by atoms with van der Waals surface area (Å²) in [5, 5.41) is 9.55. The fourth-order valence-corrected chi connectivity index (χ4v) is 6.09. The van der Waals surface area contributed by atoms with E-state index < -0.39 is 18.1 Å². The summed E-state index contributed by atoms with van der Waals surface area (Å²) in [6.45, 7) is 4.67. The summed E-state index contributed by atoms with van der Waals surface area (Å²) in [7, 11) is 5.52. The molecule has 0 fully saturated rings. The van der Waals surface area contributed by atoms with E-state index in [1.807, 2.05) is 21.1 Å². The molecule has 0 aromatic carbocycles. The lowest BCUT2D eigenvalue weighted by Gasteiger charge is -2.31. The van der Waals surface area contributed by atoms with Gasteiger partial charge in [0, 0.05) is 19.3 Å². The van der Waals surface area contributed by atoms with E-state index in [0.29, 0.717) is 19.3 Å². The molecule has 0 aromatic rings. The minimum absolute atomic E-state index is 0.0452. The van der Waals surface area contributed by atoms with Gasteiger partial charge in [-0.1, -0.05) is 155 Å². The van der Waals surface area contributed by atoms with Crippen LogP contribution in [0.5, 0.6) is 0 Å². The van der Waals surface area contributed by atoms with Crippen LogP contribution in [0.25, 0.3) is 0 Å². The quantitative estimate of drug-likeness (QED) is 0.0398. The van der Waals surface area contributed by atoms with Crippen LogP contribution in [0.1, 0.15) is 187 Å². The number of carboxylic acids is 1. The Morgan fingerprint density at radius 2 is 0.917 bits per heavy atom. The summed E-state index contributed by atoms with van der Waals surface area (Å²) in [6, 6.07) is -0.606. The Bertz CT molecular complexity index is 767. The number of quaternary nitrogens is 1. The lowest BCUT2D eigenvalue weighted by Crippen LogP contribution is -2.50. The topological polar surface area (TPSA) is 99.1 Å². The molecule has 0 aromatic heterocycles. The van der Waals surface area contributed by atoms with Gasteiger partial charge >= 0.3 is 17.9 Å². The minimum atomic E-state index is -0.874. The van der Waals surface area contributed by atoms with Gasteiger partial charge in [0.15, 0.2) is 12.1 Å². The molecule has 1 N–H and O–H groups in total. The van der Waals surface area contributed by atoms with Gasteiger partial charge in [0.1, 0.15) is 6.61 Å². The molecule has 284 valence electrons. The van der Waals surface area contributed by atoms with Crippen LogP contribution in [0, 0.1) is 0 Å². The van der Waals surface area contributed by atoms with Crippen molar-refractivity contribution in [3.8, 4) is 0 Å². The largest absolute Gasteiger partial charge is 0.477 e. The van der Waals surface area contributed by atoms with Crippen LogP contribution in [0.2, 0.25) is 0 Å². The third-order valence-corrected chi connectivity index (χ3v) is 9.26. The second-order valence-corrected chi connectivity index (χ2v) is 14.9. The first-order valence-electron chi connectivity index (χ1n) is 20.1. The Kier molecular flexibility index (Phi) is 31.4. The van der Waals surface area contributed by atoms with E-state index in [9.17, 15) is 19.5 Å². The van der Waals surface area contributed by atoms with Gasteiger partial charge < -0.3 is 23.8 Å². The highest BCUT2D eigenvalue weighted by Crippen LogP contribution is 2.16. The van der Waals surface area contributed by atoms with Gasteiger partial charge in [-0.05, 0) is 12.8 Å². The molecule has 0 rings (SSSR count). The number of likely N-dealkylation sites (N-methyl/N-ethyl adjacent to an activating group) is 1. The lowest BCUT2D eigenvalue weighted by atomic mass is 10.0. The van der Waals surface area contributed by atoms with Crippen molar-refractivity contribution in [2.45, 2.75) is 199 Å². The van der Waals surface area contributed by atoms with E-state index >= 15 is 0 Å². The molecule has 0 aliphatic carbocycles. The van der Waals surface area contributed by atoms with Crippen molar-refractivity contribution in [1.82, 2.24) is 0 Å². The first kappa shape index (κ1) is 46.3. The number of ether oxygens (including phenoxy) is 3. The second kappa shape index (κ2) is 32.5. The molecule has 8 nitrogen and oxygen atoms in total. The molecule has 0 radical (unpaired) electrons. The van der Waals surface area contributed by atoms with Gasteiger partial charge in [-0.2, -0.15) is 0 Å². The predicted molar refractivity (Wildman–Crippen MR) is 197 cm³/mol. The number of carboxylic acid groups (broad SMARTS) is 1. The molecular formula is C40H78NO7+. The Balaban J connectivity index is 4.14. The van der Waals surface area contributed by atoms with Gasteiger partial charge in [-0.3, -0.25) is 9.59 Å². The molecule has 8 heteroatoms. The van der Waals surface area contributed by atoms with Crippen LogP contribution < -0.4 is 0 Å². The average Bonchev–Trinajstić information content (AvgIpc) is 3.03. The molecule has 0 saturated heterocycles. The number of rotatable bonds is 36. The van der Waals surface area contributed by atoms with E-state index in [0.717, 1.165) is 44.9 Å². The van der Waals surface area contributed by atoms with Gasteiger partial charge in [-0.15, -0.1) is 0 Å². The number of esters is 2. The molecule has 0 aliphatic heterocycles. The molecule has 0 heterocycles. The summed E-state index contributed by atoms with van der Waals surface area (Å²) in [5.74, 6) is -1.47. The fourth-order valence-electron chi connectivity index (χ4n) is 6.09. The van der Waals surface area contributed by atoms with Crippen molar-refractivity contribution in [3.63, 3.8) is 0 Å². The number of unbranched alkanes of at least 4 members (excludes halogenated alkanes) is 22. The Morgan fingerprint density at radius 1 is 0.542 bits per heavy atom. The van der Waals surface area contributed by atoms with Gasteiger partial charge in [0.2, 0.25) is 0 Å². The Hall–Kier alpha value is -1.67. The van der Waals surface area contributed by atoms with E-state index in [1.165, 1.54) is 109 Å². The van der Waals surface area contributed by atoms with Crippen molar-refractivity contribution < 1.29 is 38.2 Å². The predicted octanol–water partition coefficient (Wildman–Crippen LogP) is 10.2. The monoisotopic (exact) mass is 685 g/mol. The summed E-state index contributed by atoms with van der Waals surface area (Å²) in [4.78, 5) is 36.5. The fraction of sp³-hybridized carbons (Fsp3) is 0.925. The molecule has 0 spiro atoms. The molecule has 0 amide bonds. The lowest BCUT2D eigenvalue weighted by molar-refractivity contribution is -0.887. The zero-order chi connectivity index (χ0) is 35.7. The van der Waals surface area contributed by atoms with Crippen LogP contribution in [-0.2, 0) is 28.6 Å². The van der Waals surface area contributed by atoms with Crippen molar-refractivity contribution in [2.24, 2.45) is 0 Å². The second-order valence-electron chi connectivity index (χ2n) is 14.9. The molecular weight excluding hydrogens is 606 g/mol. The molecule has 2 atom stereocenters. The van der Waals surface area contributed by atoms with Gasteiger partial charge in [0.25, 0.3) is 0 Å². The maximum atomic E-state index is 12.6. The molecule has 0 aliphatic rings. The number of hydrogen-bond acceptors (Lipinski definition) is 6. The third-order valence-electron chi connectivity index (χ3n) is 9.26. The highest BCUT2D eigenvalue weighted by Gasteiger charge is 2.31. The van der Waals surface area contributed by atoms with Crippen LogP contribution in [0.4, 0.5) is 0 Å². The van der Waals surface area contributed by atoms with Crippen LogP contribution >= 0.6 is 0 Å². The van der Waals surface area contributed by atoms with Gasteiger partial charge in [-0.25, -0.2) is 4.79 Å². The maximum absolute atomic E-state index is 12.6. The van der Waals surface area contributed by atoms with Gasteiger partial charge in [0.05, 0.1) is 34.4 Å². The van der Waals surface area contributed by atoms with E-state index in [2.05, 4.69) is 13.8 Å². The third kappa shape index (κ3) is 30.4. The highest BCUT2D eigenvalue weighted by molar-refractivity contribution is 5.72. The first-order chi connectivity index (χ1) is 23.1. The normalized spacial score (nSPS) is 12.9. The summed E-state index contributed by atoms with van der Waals surface area (Å²) in [6.07, 6.45) is 30.4. The molecule has 48 heavy (non-hydrogen) atoms. The van der Waals surface area contributed by atoms with E-state index in [4.69, 9.17) is 14.2 Å². The zero-order valence-corrected chi connectivity index (χ0v) is 32.2. The van der Waals surface area contributed by atoms with Crippen molar-refractivity contribution >= 4 is 17.9 Å². The van der Waals surface area contributed by atoms with E-state index in [1.54, 1.807) is 0 Å². The average molecular weight is 685 g/mol. The SMILES string of the molecule is CCCCCCCCCCCCCCCCCCCCCC(=O)OC(COCCC(C(=O)O)[N+](C)(C)C)COC(=O)CCCCCCC. The molecule has 0 saturated carbocycles. The van der Waals surface area contributed by atoms with Crippen LogP contribution in [-0.4, -0.2) is 80.6 Å². The Labute approximate surface area is 296 Å². The van der Waals surface area contributed by atoms with Crippen LogP contribution in [0.3, 0.4) is 0 Å².